The van der Waals surface area contributed by atoms with Gasteiger partial charge >= 0.3 is 6.18 Å². The number of amides is 1. The summed E-state index contributed by atoms with van der Waals surface area (Å²) in [5, 5.41) is 0. The predicted octanol–water partition coefficient (Wildman–Crippen LogP) is 4.39. The first-order valence-electron chi connectivity index (χ1n) is 10.5. The zero-order valence-corrected chi connectivity index (χ0v) is 18.6. The van der Waals surface area contributed by atoms with Gasteiger partial charge in [0.05, 0.1) is 10.5 Å². The molecule has 0 unspecified atom stereocenters. The number of carbonyl (C=O) groups excluding carboxylic acids is 1. The van der Waals surface area contributed by atoms with Crippen molar-refractivity contribution in [1.82, 2.24) is 9.21 Å². The highest BCUT2D eigenvalue weighted by Gasteiger charge is 2.40. The Bertz CT molecular complexity index is 815. The molecule has 1 aromatic carbocycles. The number of piperidine rings is 1. The van der Waals surface area contributed by atoms with Gasteiger partial charge in [-0.25, -0.2) is 8.42 Å². The standard InChI is InChI=1S/C21H31F3N2O3S/c1-4-16(5-2)15-25(6-3)20(27)17-11-13-26(14-12-17)30(28,29)19-10-8-7-9-18(19)21(22,23)24/h7-10,16-17H,4-6,11-15H2,1-3H3. The summed E-state index contributed by atoms with van der Waals surface area (Å²) >= 11 is 0. The van der Waals surface area contributed by atoms with Crippen molar-refractivity contribution in [3.63, 3.8) is 0 Å². The molecule has 0 spiro atoms. The third kappa shape index (κ3) is 5.55. The lowest BCUT2D eigenvalue weighted by molar-refractivity contribution is -0.140. The number of rotatable bonds is 8. The van der Waals surface area contributed by atoms with Gasteiger partial charge in [-0.05, 0) is 37.8 Å². The van der Waals surface area contributed by atoms with E-state index in [0.717, 1.165) is 29.3 Å². The fourth-order valence-electron chi connectivity index (χ4n) is 3.90. The molecule has 9 heteroatoms. The Morgan fingerprint density at radius 2 is 1.70 bits per heavy atom. The Morgan fingerprint density at radius 1 is 1.13 bits per heavy atom. The summed E-state index contributed by atoms with van der Waals surface area (Å²) in [5.74, 6) is 0.133. The molecule has 30 heavy (non-hydrogen) atoms. The van der Waals surface area contributed by atoms with Crippen LogP contribution in [0.2, 0.25) is 0 Å². The lowest BCUT2D eigenvalue weighted by atomic mass is 9.95. The normalized spacial score (nSPS) is 16.8. The maximum Gasteiger partial charge on any atom is 0.417 e. The van der Waals surface area contributed by atoms with Crippen molar-refractivity contribution >= 4 is 15.9 Å². The van der Waals surface area contributed by atoms with Crippen molar-refractivity contribution in [3.05, 3.63) is 29.8 Å². The maximum absolute atomic E-state index is 13.3. The molecule has 0 N–H and O–H groups in total. The molecular formula is C21H31F3N2O3S. The predicted molar refractivity (Wildman–Crippen MR) is 109 cm³/mol. The van der Waals surface area contributed by atoms with Crippen molar-refractivity contribution in [3.8, 4) is 0 Å². The zero-order chi connectivity index (χ0) is 22.5. The topological polar surface area (TPSA) is 57.7 Å². The number of hydrogen-bond acceptors (Lipinski definition) is 3. The van der Waals surface area contributed by atoms with Crippen LogP contribution in [0.25, 0.3) is 0 Å². The van der Waals surface area contributed by atoms with Crippen molar-refractivity contribution in [1.29, 1.82) is 0 Å². The number of carbonyl (C=O) groups is 1. The van der Waals surface area contributed by atoms with Crippen LogP contribution in [-0.4, -0.2) is 49.7 Å². The molecule has 1 aliphatic rings. The highest BCUT2D eigenvalue weighted by molar-refractivity contribution is 7.89. The molecule has 1 aliphatic heterocycles. The number of halogens is 3. The monoisotopic (exact) mass is 448 g/mol. The third-order valence-electron chi connectivity index (χ3n) is 5.94. The molecule has 1 heterocycles. The quantitative estimate of drug-likeness (QED) is 0.593. The number of benzene rings is 1. The van der Waals surface area contributed by atoms with E-state index in [2.05, 4.69) is 13.8 Å². The molecule has 1 amide bonds. The van der Waals surface area contributed by atoms with E-state index in [9.17, 15) is 26.4 Å². The lowest BCUT2D eigenvalue weighted by Gasteiger charge is -2.34. The van der Waals surface area contributed by atoms with Gasteiger partial charge in [0.25, 0.3) is 0 Å². The summed E-state index contributed by atoms with van der Waals surface area (Å²) in [4.78, 5) is 14.0. The van der Waals surface area contributed by atoms with Crippen LogP contribution in [0.15, 0.2) is 29.2 Å². The molecule has 0 atom stereocenters. The molecule has 2 rings (SSSR count). The first kappa shape index (κ1) is 24.7. The van der Waals surface area contributed by atoms with Crippen molar-refractivity contribution in [2.75, 3.05) is 26.2 Å². The highest BCUT2D eigenvalue weighted by atomic mass is 32.2. The van der Waals surface area contributed by atoms with Crippen LogP contribution in [0.4, 0.5) is 13.2 Å². The van der Waals surface area contributed by atoms with Gasteiger partial charge in [0, 0.05) is 32.1 Å². The lowest BCUT2D eigenvalue weighted by Crippen LogP contribution is -2.45. The minimum Gasteiger partial charge on any atom is -0.342 e. The first-order valence-corrected chi connectivity index (χ1v) is 11.9. The fraction of sp³-hybridized carbons (Fsp3) is 0.667. The minimum atomic E-state index is -4.76. The largest absolute Gasteiger partial charge is 0.417 e. The van der Waals surface area contributed by atoms with Crippen LogP contribution in [0.5, 0.6) is 0 Å². The van der Waals surface area contributed by atoms with Gasteiger partial charge < -0.3 is 4.90 Å². The van der Waals surface area contributed by atoms with E-state index >= 15 is 0 Å². The molecule has 1 aromatic rings. The van der Waals surface area contributed by atoms with Crippen LogP contribution in [0.1, 0.15) is 52.0 Å². The van der Waals surface area contributed by atoms with E-state index < -0.39 is 26.7 Å². The molecule has 0 aromatic heterocycles. The summed E-state index contributed by atoms with van der Waals surface area (Å²) in [6.07, 6.45) is -2.17. The van der Waals surface area contributed by atoms with Crippen LogP contribution in [-0.2, 0) is 21.0 Å². The highest BCUT2D eigenvalue weighted by Crippen LogP contribution is 2.36. The fourth-order valence-corrected chi connectivity index (χ4v) is 5.58. The Labute approximate surface area is 177 Å². The number of nitrogens with zero attached hydrogens (tertiary/aromatic N) is 2. The zero-order valence-electron chi connectivity index (χ0n) is 17.8. The number of alkyl halides is 3. The average molecular weight is 449 g/mol. The molecule has 5 nitrogen and oxygen atoms in total. The Hall–Kier alpha value is -1.61. The minimum absolute atomic E-state index is 0.0112. The van der Waals surface area contributed by atoms with Crippen molar-refractivity contribution < 1.29 is 26.4 Å². The van der Waals surface area contributed by atoms with E-state index in [-0.39, 0.29) is 24.9 Å². The smallest absolute Gasteiger partial charge is 0.342 e. The van der Waals surface area contributed by atoms with Gasteiger partial charge in [-0.1, -0.05) is 38.8 Å². The van der Waals surface area contributed by atoms with E-state index in [4.69, 9.17) is 0 Å². The van der Waals surface area contributed by atoms with Gasteiger partial charge in [-0.15, -0.1) is 0 Å². The van der Waals surface area contributed by atoms with Crippen molar-refractivity contribution in [2.45, 2.75) is 57.5 Å². The molecule has 0 radical (unpaired) electrons. The van der Waals surface area contributed by atoms with Gasteiger partial charge in [0.1, 0.15) is 0 Å². The van der Waals surface area contributed by atoms with Gasteiger partial charge in [0.15, 0.2) is 0 Å². The number of sulfonamides is 1. The molecule has 1 saturated heterocycles. The van der Waals surface area contributed by atoms with Crippen LogP contribution < -0.4 is 0 Å². The summed E-state index contributed by atoms with van der Waals surface area (Å²) in [6.45, 7) is 7.45. The van der Waals surface area contributed by atoms with Crippen LogP contribution in [0.3, 0.4) is 0 Å². The molecular weight excluding hydrogens is 417 g/mol. The second kappa shape index (κ2) is 10.1. The first-order chi connectivity index (χ1) is 14.1. The van der Waals surface area contributed by atoms with Gasteiger partial charge in [0.2, 0.25) is 15.9 Å². The second-order valence-corrected chi connectivity index (χ2v) is 9.64. The Balaban J connectivity index is 2.11. The van der Waals surface area contributed by atoms with E-state index in [0.29, 0.717) is 31.8 Å². The molecule has 170 valence electrons. The molecule has 0 saturated carbocycles. The second-order valence-electron chi connectivity index (χ2n) is 7.73. The van der Waals surface area contributed by atoms with Gasteiger partial charge in [-0.3, -0.25) is 4.79 Å². The van der Waals surface area contributed by atoms with E-state index in [1.54, 1.807) is 0 Å². The Morgan fingerprint density at radius 3 is 2.20 bits per heavy atom. The number of hydrogen-bond donors (Lipinski definition) is 0. The summed E-state index contributed by atoms with van der Waals surface area (Å²) < 4.78 is 66.6. The SMILES string of the molecule is CCC(CC)CN(CC)C(=O)C1CCN(S(=O)(=O)c2ccccc2C(F)(F)F)CC1. The van der Waals surface area contributed by atoms with Crippen molar-refractivity contribution in [2.24, 2.45) is 11.8 Å². The van der Waals surface area contributed by atoms with Gasteiger partial charge in [-0.2, -0.15) is 17.5 Å². The maximum atomic E-state index is 13.3. The summed E-state index contributed by atoms with van der Waals surface area (Å²) in [6, 6.07) is 4.23. The molecule has 0 bridgehead atoms. The third-order valence-corrected chi connectivity index (χ3v) is 7.90. The van der Waals surface area contributed by atoms with E-state index in [1.165, 1.54) is 12.1 Å². The molecule has 1 fully saturated rings. The molecule has 0 aliphatic carbocycles. The summed E-state index contributed by atoms with van der Waals surface area (Å²) in [7, 11) is -4.29. The summed E-state index contributed by atoms with van der Waals surface area (Å²) in [5.41, 5.74) is -1.16. The average Bonchev–Trinajstić information content (AvgIpc) is 2.74. The van der Waals surface area contributed by atoms with E-state index in [1.807, 2.05) is 11.8 Å². The van der Waals surface area contributed by atoms with Crippen LogP contribution in [0, 0.1) is 11.8 Å². The Kier molecular flexibility index (Phi) is 8.33. The van der Waals surface area contributed by atoms with Crippen LogP contribution >= 0.6 is 0 Å².